The summed E-state index contributed by atoms with van der Waals surface area (Å²) in [4.78, 5) is 7.06. The van der Waals surface area contributed by atoms with E-state index in [1.54, 1.807) is 0 Å². The van der Waals surface area contributed by atoms with Crippen LogP contribution in [-0.2, 0) is 6.54 Å². The van der Waals surface area contributed by atoms with Crippen LogP contribution in [0.1, 0.15) is 55.7 Å². The van der Waals surface area contributed by atoms with Gasteiger partial charge in [-0.15, -0.1) is 0 Å². The van der Waals surface area contributed by atoms with Crippen LogP contribution in [0.15, 0.2) is 18.6 Å². The van der Waals surface area contributed by atoms with Crippen LogP contribution in [0.5, 0.6) is 0 Å². The summed E-state index contributed by atoms with van der Waals surface area (Å²) in [5, 5.41) is 7.36. The molecular weight excluding hydrogens is 262 g/mol. The Hall–Kier alpha value is -1.62. The molecule has 5 nitrogen and oxygen atoms in total. The number of hydrogen-bond acceptors (Lipinski definition) is 3. The molecule has 1 fully saturated rings. The molecule has 1 aliphatic rings. The Kier molecular flexibility index (Phi) is 4.10. The van der Waals surface area contributed by atoms with E-state index in [4.69, 9.17) is 0 Å². The monoisotopic (exact) mass is 287 g/mol. The van der Waals surface area contributed by atoms with Gasteiger partial charge in [0, 0.05) is 36.6 Å². The SMILES string of the molecule is Cc1cn[nH]c1[C@@H]1CCCN(Cc2nccn2C(C)C)C1. The number of likely N-dealkylation sites (tertiary alicyclic amines) is 1. The van der Waals surface area contributed by atoms with Crippen molar-refractivity contribution in [2.45, 2.75) is 52.1 Å². The molecule has 0 aliphatic carbocycles. The number of aromatic nitrogens is 4. The zero-order chi connectivity index (χ0) is 14.8. The highest BCUT2D eigenvalue weighted by atomic mass is 15.2. The number of H-pyrrole nitrogens is 1. The predicted octanol–water partition coefficient (Wildman–Crippen LogP) is 2.88. The van der Waals surface area contributed by atoms with Gasteiger partial charge in [0.2, 0.25) is 0 Å². The van der Waals surface area contributed by atoms with Crippen LogP contribution in [0.4, 0.5) is 0 Å². The number of rotatable bonds is 4. The second-order valence-corrected chi connectivity index (χ2v) is 6.39. The van der Waals surface area contributed by atoms with E-state index in [-0.39, 0.29) is 0 Å². The first-order valence-electron chi connectivity index (χ1n) is 7.89. The van der Waals surface area contributed by atoms with Gasteiger partial charge < -0.3 is 4.57 Å². The van der Waals surface area contributed by atoms with E-state index >= 15 is 0 Å². The fraction of sp³-hybridized carbons (Fsp3) is 0.625. The summed E-state index contributed by atoms with van der Waals surface area (Å²) in [5.74, 6) is 1.75. The van der Waals surface area contributed by atoms with E-state index in [0.29, 0.717) is 12.0 Å². The van der Waals surface area contributed by atoms with Crippen LogP contribution >= 0.6 is 0 Å². The fourth-order valence-corrected chi connectivity index (χ4v) is 3.34. The van der Waals surface area contributed by atoms with E-state index in [1.165, 1.54) is 29.9 Å². The number of nitrogens with zero attached hydrogens (tertiary/aromatic N) is 4. The van der Waals surface area contributed by atoms with Crippen molar-refractivity contribution in [3.05, 3.63) is 35.7 Å². The number of aromatic amines is 1. The summed E-state index contributed by atoms with van der Waals surface area (Å²) in [6, 6.07) is 0.470. The summed E-state index contributed by atoms with van der Waals surface area (Å²) >= 11 is 0. The van der Waals surface area contributed by atoms with Crippen LogP contribution in [0.3, 0.4) is 0 Å². The van der Waals surface area contributed by atoms with Gasteiger partial charge in [-0.1, -0.05) is 0 Å². The van der Waals surface area contributed by atoms with E-state index in [0.717, 1.165) is 19.6 Å². The Morgan fingerprint density at radius 2 is 2.29 bits per heavy atom. The molecule has 1 atom stereocenters. The van der Waals surface area contributed by atoms with Crippen LogP contribution < -0.4 is 0 Å². The second-order valence-electron chi connectivity index (χ2n) is 6.39. The molecule has 0 aromatic carbocycles. The van der Waals surface area contributed by atoms with Crippen molar-refractivity contribution in [1.82, 2.24) is 24.6 Å². The Balaban J connectivity index is 1.69. The van der Waals surface area contributed by atoms with E-state index in [2.05, 4.69) is 51.6 Å². The summed E-state index contributed by atoms with van der Waals surface area (Å²) in [6.07, 6.45) is 8.42. The van der Waals surface area contributed by atoms with Gasteiger partial charge in [0.05, 0.1) is 12.7 Å². The maximum Gasteiger partial charge on any atom is 0.123 e. The van der Waals surface area contributed by atoms with E-state index in [1.807, 2.05) is 12.4 Å². The molecule has 21 heavy (non-hydrogen) atoms. The molecule has 2 aromatic heterocycles. The maximum absolute atomic E-state index is 4.54. The van der Waals surface area contributed by atoms with Crippen molar-refractivity contribution in [3.8, 4) is 0 Å². The van der Waals surface area contributed by atoms with Gasteiger partial charge in [-0.25, -0.2) is 4.98 Å². The normalized spacial score (nSPS) is 20.3. The molecular formula is C16H25N5. The number of nitrogens with one attached hydrogen (secondary N) is 1. The Bertz CT molecular complexity index is 583. The van der Waals surface area contributed by atoms with E-state index in [9.17, 15) is 0 Å². The number of piperidine rings is 1. The molecule has 5 heteroatoms. The quantitative estimate of drug-likeness (QED) is 0.940. The first kappa shape index (κ1) is 14.3. The third-order valence-corrected chi connectivity index (χ3v) is 4.45. The molecule has 0 spiro atoms. The molecule has 114 valence electrons. The smallest absolute Gasteiger partial charge is 0.123 e. The lowest BCUT2D eigenvalue weighted by atomic mass is 9.93. The molecule has 3 rings (SSSR count). The highest BCUT2D eigenvalue weighted by Crippen LogP contribution is 2.28. The minimum Gasteiger partial charge on any atom is -0.331 e. The van der Waals surface area contributed by atoms with E-state index < -0.39 is 0 Å². The molecule has 1 saturated heterocycles. The first-order chi connectivity index (χ1) is 10.1. The molecule has 0 bridgehead atoms. The standard InChI is InChI=1S/C16H25N5/c1-12(2)21-8-6-17-15(21)11-20-7-4-5-14(10-20)16-13(3)9-18-19-16/h6,8-9,12,14H,4-5,7,10-11H2,1-3H3,(H,18,19)/t14-/m1/s1. The molecule has 0 unspecified atom stereocenters. The van der Waals surface area contributed by atoms with Crippen molar-refractivity contribution in [2.24, 2.45) is 0 Å². The van der Waals surface area contributed by atoms with Gasteiger partial charge in [-0.05, 0) is 45.7 Å². The van der Waals surface area contributed by atoms with Crippen molar-refractivity contribution in [1.29, 1.82) is 0 Å². The minimum atomic E-state index is 0.470. The minimum absolute atomic E-state index is 0.470. The van der Waals surface area contributed by atoms with Gasteiger partial charge in [0.15, 0.2) is 0 Å². The fourth-order valence-electron chi connectivity index (χ4n) is 3.34. The van der Waals surface area contributed by atoms with Crippen molar-refractivity contribution >= 4 is 0 Å². The maximum atomic E-state index is 4.54. The third kappa shape index (κ3) is 3.02. The van der Waals surface area contributed by atoms with Crippen LogP contribution in [-0.4, -0.2) is 37.7 Å². The van der Waals surface area contributed by atoms with Crippen molar-refractivity contribution in [2.75, 3.05) is 13.1 Å². The van der Waals surface area contributed by atoms with Crippen LogP contribution in [0.2, 0.25) is 0 Å². The lowest BCUT2D eigenvalue weighted by Gasteiger charge is -2.32. The highest BCUT2D eigenvalue weighted by molar-refractivity contribution is 5.19. The lowest BCUT2D eigenvalue weighted by molar-refractivity contribution is 0.191. The molecule has 1 N–H and O–H groups in total. The van der Waals surface area contributed by atoms with Crippen LogP contribution in [0.25, 0.3) is 0 Å². The zero-order valence-electron chi connectivity index (χ0n) is 13.2. The second kappa shape index (κ2) is 6.02. The average Bonchev–Trinajstić information content (AvgIpc) is 3.08. The highest BCUT2D eigenvalue weighted by Gasteiger charge is 2.24. The third-order valence-electron chi connectivity index (χ3n) is 4.45. The molecule has 0 saturated carbocycles. The summed E-state index contributed by atoms with van der Waals surface area (Å²) in [5.41, 5.74) is 2.59. The molecule has 0 radical (unpaired) electrons. The molecule has 0 amide bonds. The Labute approximate surface area is 126 Å². The van der Waals surface area contributed by atoms with Gasteiger partial charge in [-0.3, -0.25) is 10.00 Å². The predicted molar refractivity (Wildman–Crippen MR) is 83.2 cm³/mol. The zero-order valence-corrected chi connectivity index (χ0v) is 13.2. The number of aryl methyl sites for hydroxylation is 1. The topological polar surface area (TPSA) is 49.7 Å². The van der Waals surface area contributed by atoms with Gasteiger partial charge >= 0.3 is 0 Å². The Morgan fingerprint density at radius 3 is 3.00 bits per heavy atom. The van der Waals surface area contributed by atoms with Gasteiger partial charge in [0.1, 0.15) is 5.82 Å². The molecule has 3 heterocycles. The number of hydrogen-bond donors (Lipinski definition) is 1. The number of imidazole rings is 1. The summed E-state index contributed by atoms with van der Waals surface area (Å²) in [7, 11) is 0. The average molecular weight is 287 g/mol. The lowest BCUT2D eigenvalue weighted by Crippen LogP contribution is -2.35. The molecule has 2 aromatic rings. The van der Waals surface area contributed by atoms with Gasteiger partial charge in [0.25, 0.3) is 0 Å². The summed E-state index contributed by atoms with van der Waals surface area (Å²) < 4.78 is 2.27. The largest absolute Gasteiger partial charge is 0.331 e. The van der Waals surface area contributed by atoms with Gasteiger partial charge in [-0.2, -0.15) is 5.10 Å². The van der Waals surface area contributed by atoms with Crippen molar-refractivity contribution < 1.29 is 0 Å². The van der Waals surface area contributed by atoms with Crippen molar-refractivity contribution in [3.63, 3.8) is 0 Å². The summed E-state index contributed by atoms with van der Waals surface area (Å²) in [6.45, 7) is 9.75. The molecule has 1 aliphatic heterocycles. The Morgan fingerprint density at radius 1 is 1.43 bits per heavy atom. The first-order valence-corrected chi connectivity index (χ1v) is 7.89. The van der Waals surface area contributed by atoms with Crippen LogP contribution in [0, 0.1) is 6.92 Å².